The molecule has 3 rings (SSSR count). The average molecular weight is 243 g/mol. The van der Waals surface area contributed by atoms with Gasteiger partial charge in [0.1, 0.15) is 0 Å². The highest BCUT2D eigenvalue weighted by Crippen LogP contribution is 2.38. The van der Waals surface area contributed by atoms with E-state index in [0.29, 0.717) is 5.57 Å². The summed E-state index contributed by atoms with van der Waals surface area (Å²) < 4.78 is 0. The van der Waals surface area contributed by atoms with E-state index in [-0.39, 0.29) is 30.5 Å². The van der Waals surface area contributed by atoms with Crippen LogP contribution in [0.1, 0.15) is 12.0 Å². The Balaban J connectivity index is 2.22. The number of hydrogen-bond donors (Lipinski definition) is 3. The molecule has 1 aromatic carbocycles. The minimum Gasteiger partial charge on any atom is -0.504 e. The van der Waals surface area contributed by atoms with E-state index in [1.165, 1.54) is 0 Å². The summed E-state index contributed by atoms with van der Waals surface area (Å²) in [7, 11) is 0. The van der Waals surface area contributed by atoms with E-state index in [9.17, 15) is 15.0 Å². The van der Waals surface area contributed by atoms with Crippen LogP contribution in [-0.2, 0) is 4.79 Å². The van der Waals surface area contributed by atoms with Crippen molar-refractivity contribution in [3.8, 4) is 0 Å². The number of Topliss-reactive ketones (excluding diaryl/α,β-unsaturated/α-hetero) is 1. The normalized spacial score (nSPS) is 20.1. The number of allylic oxidation sites excluding steroid dienone is 1. The van der Waals surface area contributed by atoms with Crippen LogP contribution in [0.5, 0.6) is 0 Å². The number of carbonyl (C=O) groups excluding carboxylic acids is 1. The summed E-state index contributed by atoms with van der Waals surface area (Å²) >= 11 is 0. The lowest BCUT2D eigenvalue weighted by atomic mass is 9.95. The number of para-hydroxylation sites is 1. The van der Waals surface area contributed by atoms with Gasteiger partial charge in [-0.2, -0.15) is 0 Å². The summed E-state index contributed by atoms with van der Waals surface area (Å²) in [5.74, 6) is -0.815. The molecule has 1 aliphatic carbocycles. The van der Waals surface area contributed by atoms with Gasteiger partial charge in [0.25, 0.3) is 0 Å². The van der Waals surface area contributed by atoms with E-state index in [0.717, 1.165) is 16.5 Å². The molecular formula is C14H13NO3. The molecule has 0 saturated heterocycles. The Hall–Kier alpha value is -2.07. The predicted octanol–water partition coefficient (Wildman–Crippen LogP) is 2.02. The Bertz CT molecular complexity index is 654. The number of rotatable bonds is 2. The molecule has 0 spiro atoms. The second-order valence-corrected chi connectivity index (χ2v) is 4.52. The maximum atomic E-state index is 11.6. The van der Waals surface area contributed by atoms with Gasteiger partial charge in [0.15, 0.2) is 11.5 Å². The van der Waals surface area contributed by atoms with Crippen molar-refractivity contribution in [1.29, 1.82) is 0 Å². The van der Waals surface area contributed by atoms with Gasteiger partial charge in [-0.05, 0) is 6.07 Å². The molecular weight excluding hydrogens is 230 g/mol. The molecule has 0 fully saturated rings. The van der Waals surface area contributed by atoms with Crippen molar-refractivity contribution < 1.29 is 15.0 Å². The van der Waals surface area contributed by atoms with E-state index in [1.807, 2.05) is 24.3 Å². The number of aliphatic hydroxyl groups excluding tert-OH is 2. The third-order valence-corrected chi connectivity index (χ3v) is 3.46. The monoisotopic (exact) mass is 243 g/mol. The first kappa shape index (κ1) is 11.0. The van der Waals surface area contributed by atoms with Crippen LogP contribution >= 0.6 is 0 Å². The van der Waals surface area contributed by atoms with Crippen molar-refractivity contribution >= 4 is 22.3 Å². The van der Waals surface area contributed by atoms with Gasteiger partial charge in [-0.15, -0.1) is 0 Å². The van der Waals surface area contributed by atoms with Crippen LogP contribution in [0.25, 0.3) is 16.5 Å². The third-order valence-electron chi connectivity index (χ3n) is 3.46. The zero-order chi connectivity index (χ0) is 12.7. The number of aromatic nitrogens is 1. The lowest BCUT2D eigenvalue weighted by Gasteiger charge is -2.09. The molecule has 92 valence electrons. The van der Waals surface area contributed by atoms with Gasteiger partial charge < -0.3 is 15.2 Å². The summed E-state index contributed by atoms with van der Waals surface area (Å²) in [6.45, 7) is -0.134. The molecule has 1 atom stereocenters. The molecule has 0 amide bonds. The Morgan fingerprint density at radius 3 is 2.89 bits per heavy atom. The standard InChI is InChI=1S/C14H13NO3/c16-7-8-5-12(17)14(18)13(8)10-6-15-11-4-2-1-3-9(10)11/h1-4,6,8,15-16,18H,5,7H2. The number of benzene rings is 1. The number of ketones is 1. The molecule has 4 heteroatoms. The maximum Gasteiger partial charge on any atom is 0.198 e. The van der Waals surface area contributed by atoms with E-state index >= 15 is 0 Å². The predicted molar refractivity (Wildman–Crippen MR) is 68.0 cm³/mol. The zero-order valence-electron chi connectivity index (χ0n) is 9.68. The summed E-state index contributed by atoms with van der Waals surface area (Å²) in [5.41, 5.74) is 2.30. The molecule has 4 nitrogen and oxygen atoms in total. The summed E-state index contributed by atoms with van der Waals surface area (Å²) in [6, 6.07) is 7.68. The Morgan fingerprint density at radius 1 is 1.33 bits per heavy atom. The van der Waals surface area contributed by atoms with Gasteiger partial charge >= 0.3 is 0 Å². The topological polar surface area (TPSA) is 73.3 Å². The number of hydrogen-bond acceptors (Lipinski definition) is 3. The molecule has 1 heterocycles. The van der Waals surface area contributed by atoms with Crippen LogP contribution in [0.4, 0.5) is 0 Å². The maximum absolute atomic E-state index is 11.6. The first-order valence-electron chi connectivity index (χ1n) is 5.86. The molecule has 0 bridgehead atoms. The second-order valence-electron chi connectivity index (χ2n) is 4.52. The van der Waals surface area contributed by atoms with Gasteiger partial charge in [0.2, 0.25) is 0 Å². The molecule has 0 saturated carbocycles. The summed E-state index contributed by atoms with van der Waals surface area (Å²) in [4.78, 5) is 14.7. The summed E-state index contributed by atoms with van der Waals surface area (Å²) in [5, 5.41) is 20.2. The number of fused-ring (bicyclic) bond motifs is 1. The smallest absolute Gasteiger partial charge is 0.198 e. The van der Waals surface area contributed by atoms with Crippen molar-refractivity contribution in [3.05, 3.63) is 41.8 Å². The van der Waals surface area contributed by atoms with Crippen molar-refractivity contribution in [2.24, 2.45) is 5.92 Å². The highest BCUT2D eigenvalue weighted by Gasteiger charge is 2.33. The Kier molecular flexibility index (Phi) is 2.45. The molecule has 3 N–H and O–H groups in total. The number of carbonyl (C=O) groups is 1. The van der Waals surface area contributed by atoms with Crippen LogP contribution in [-0.4, -0.2) is 27.6 Å². The summed E-state index contributed by atoms with van der Waals surface area (Å²) in [6.07, 6.45) is 1.95. The molecule has 1 unspecified atom stereocenters. The number of nitrogens with one attached hydrogen (secondary N) is 1. The van der Waals surface area contributed by atoms with Crippen LogP contribution in [0.15, 0.2) is 36.2 Å². The largest absolute Gasteiger partial charge is 0.504 e. The zero-order valence-corrected chi connectivity index (χ0v) is 9.68. The first-order valence-corrected chi connectivity index (χ1v) is 5.86. The van der Waals surface area contributed by atoms with Crippen molar-refractivity contribution in [2.75, 3.05) is 6.61 Å². The number of aromatic amines is 1. The van der Waals surface area contributed by atoms with Crippen LogP contribution in [0.2, 0.25) is 0 Å². The second kappa shape index (κ2) is 3.99. The van der Waals surface area contributed by atoms with Crippen molar-refractivity contribution in [1.82, 2.24) is 4.98 Å². The van der Waals surface area contributed by atoms with E-state index < -0.39 is 0 Å². The third kappa shape index (κ3) is 1.46. The van der Waals surface area contributed by atoms with Crippen molar-refractivity contribution in [2.45, 2.75) is 6.42 Å². The quantitative estimate of drug-likeness (QED) is 0.755. The lowest BCUT2D eigenvalue weighted by Crippen LogP contribution is -2.05. The molecule has 2 aromatic rings. The van der Waals surface area contributed by atoms with Crippen LogP contribution in [0, 0.1) is 5.92 Å². The van der Waals surface area contributed by atoms with E-state index in [2.05, 4.69) is 4.98 Å². The minimum atomic E-state index is -0.309. The van der Waals surface area contributed by atoms with Gasteiger partial charge in [-0.3, -0.25) is 4.79 Å². The average Bonchev–Trinajstić information content (AvgIpc) is 2.92. The fraction of sp³-hybridized carbons (Fsp3) is 0.214. The van der Waals surface area contributed by atoms with Crippen LogP contribution < -0.4 is 0 Å². The molecule has 0 radical (unpaired) electrons. The fourth-order valence-corrected chi connectivity index (χ4v) is 2.56. The highest BCUT2D eigenvalue weighted by atomic mass is 16.3. The Labute approximate surface area is 104 Å². The SMILES string of the molecule is O=C1CC(CO)C(c2c[nH]c3ccccc23)=C1O. The molecule has 18 heavy (non-hydrogen) atoms. The molecule has 1 aromatic heterocycles. The van der Waals surface area contributed by atoms with E-state index in [4.69, 9.17) is 0 Å². The van der Waals surface area contributed by atoms with Gasteiger partial charge in [-0.25, -0.2) is 0 Å². The fourth-order valence-electron chi connectivity index (χ4n) is 2.56. The minimum absolute atomic E-state index is 0.134. The van der Waals surface area contributed by atoms with Gasteiger partial charge in [-0.1, -0.05) is 18.2 Å². The number of aliphatic hydroxyl groups is 2. The van der Waals surface area contributed by atoms with Gasteiger partial charge in [0, 0.05) is 40.6 Å². The molecule has 0 aliphatic heterocycles. The Morgan fingerprint density at radius 2 is 2.11 bits per heavy atom. The lowest BCUT2D eigenvalue weighted by molar-refractivity contribution is -0.117. The highest BCUT2D eigenvalue weighted by molar-refractivity contribution is 6.08. The van der Waals surface area contributed by atoms with E-state index in [1.54, 1.807) is 6.20 Å². The number of H-pyrrole nitrogens is 1. The van der Waals surface area contributed by atoms with Gasteiger partial charge in [0.05, 0.1) is 6.61 Å². The molecule has 1 aliphatic rings. The van der Waals surface area contributed by atoms with Crippen molar-refractivity contribution in [3.63, 3.8) is 0 Å². The first-order chi connectivity index (χ1) is 8.72. The van der Waals surface area contributed by atoms with Crippen LogP contribution in [0.3, 0.4) is 0 Å².